The van der Waals surface area contributed by atoms with E-state index in [0.717, 1.165) is 24.3 Å². The average Bonchev–Trinajstić information content (AvgIpc) is 3.00. The fourth-order valence-electron chi connectivity index (χ4n) is 2.74. The summed E-state index contributed by atoms with van der Waals surface area (Å²) in [7, 11) is 0. The van der Waals surface area contributed by atoms with Gasteiger partial charge < -0.3 is 9.40 Å². The Morgan fingerprint density at radius 1 is 0.750 bits per heavy atom. The number of furan rings is 1. The van der Waals surface area contributed by atoms with Crippen LogP contribution in [0.25, 0.3) is 33.0 Å². The van der Waals surface area contributed by atoms with Crippen molar-refractivity contribution in [1.82, 2.24) is 4.98 Å². The summed E-state index contributed by atoms with van der Waals surface area (Å²) < 4.78 is 82.2. The van der Waals surface area contributed by atoms with Crippen molar-refractivity contribution in [3.8, 4) is 0 Å². The second-order valence-corrected chi connectivity index (χ2v) is 5.40. The minimum absolute atomic E-state index is 0.0367. The Bertz CT molecular complexity index is 1080. The molecule has 8 heteroatoms. The van der Waals surface area contributed by atoms with E-state index in [4.69, 9.17) is 4.42 Å². The van der Waals surface area contributed by atoms with Crippen molar-refractivity contribution in [2.45, 2.75) is 12.4 Å². The number of hydrogen-bond acceptors (Lipinski definition) is 1. The Morgan fingerprint density at radius 2 is 1.38 bits per heavy atom. The van der Waals surface area contributed by atoms with Crippen LogP contribution in [0.5, 0.6) is 0 Å². The van der Waals surface area contributed by atoms with E-state index >= 15 is 0 Å². The first-order valence-corrected chi connectivity index (χ1v) is 6.77. The van der Waals surface area contributed by atoms with Crippen LogP contribution >= 0.6 is 0 Å². The topological polar surface area (TPSA) is 28.9 Å². The molecular formula is C16H7F6NO. The molecule has 0 spiro atoms. The standard InChI is InChI=1S/C16H7F6NO/c17-15(18,19)7-2-4-11-10(5-7)14-13(23-11)9-3-1-8(16(20,21)22)6-12(9)24-14/h1-6,23H. The highest BCUT2D eigenvalue weighted by molar-refractivity contribution is 6.14. The number of fused-ring (bicyclic) bond motifs is 5. The highest BCUT2D eigenvalue weighted by atomic mass is 19.4. The van der Waals surface area contributed by atoms with Crippen LogP contribution in [0.1, 0.15) is 11.1 Å². The number of hydrogen-bond donors (Lipinski definition) is 1. The van der Waals surface area contributed by atoms with Crippen LogP contribution in [-0.2, 0) is 12.4 Å². The summed E-state index contributed by atoms with van der Waals surface area (Å²) in [6.45, 7) is 0. The van der Waals surface area contributed by atoms with E-state index < -0.39 is 23.5 Å². The van der Waals surface area contributed by atoms with Gasteiger partial charge in [-0.2, -0.15) is 26.3 Å². The lowest BCUT2D eigenvalue weighted by Gasteiger charge is -2.06. The molecule has 0 saturated heterocycles. The Hall–Kier alpha value is -2.64. The lowest BCUT2D eigenvalue weighted by atomic mass is 10.1. The molecule has 0 aliphatic carbocycles. The smallest absolute Gasteiger partial charge is 0.416 e. The second kappa shape index (κ2) is 4.46. The SMILES string of the molecule is FC(F)(F)c1ccc2c(c1)oc1c3cc(C(F)(F)F)ccc3[nH]c21. The Morgan fingerprint density at radius 3 is 2.04 bits per heavy atom. The van der Waals surface area contributed by atoms with Crippen LogP contribution in [0, 0.1) is 0 Å². The molecule has 0 amide bonds. The van der Waals surface area contributed by atoms with Gasteiger partial charge in [-0.15, -0.1) is 0 Å². The number of halogens is 6. The van der Waals surface area contributed by atoms with E-state index in [2.05, 4.69) is 4.98 Å². The van der Waals surface area contributed by atoms with Gasteiger partial charge in [0.2, 0.25) is 0 Å². The van der Waals surface area contributed by atoms with Gasteiger partial charge in [-0.05, 0) is 36.4 Å². The molecule has 0 aliphatic heterocycles. The van der Waals surface area contributed by atoms with Crippen LogP contribution in [-0.4, -0.2) is 4.98 Å². The molecule has 0 aliphatic rings. The average molecular weight is 343 g/mol. The van der Waals surface area contributed by atoms with Crippen LogP contribution < -0.4 is 0 Å². The van der Waals surface area contributed by atoms with Gasteiger partial charge in [0.05, 0.1) is 16.6 Å². The number of alkyl halides is 6. The molecule has 124 valence electrons. The number of benzene rings is 2. The van der Waals surface area contributed by atoms with E-state index in [-0.39, 0.29) is 16.6 Å². The first kappa shape index (κ1) is 14.9. The maximum atomic E-state index is 12.8. The third kappa shape index (κ3) is 2.13. The Labute approximate surface area is 129 Å². The van der Waals surface area contributed by atoms with Gasteiger partial charge >= 0.3 is 12.4 Å². The van der Waals surface area contributed by atoms with Crippen LogP contribution in [0.4, 0.5) is 26.3 Å². The minimum atomic E-state index is -4.53. The van der Waals surface area contributed by atoms with Crippen molar-refractivity contribution in [2.75, 3.05) is 0 Å². The van der Waals surface area contributed by atoms with Gasteiger partial charge in [-0.25, -0.2) is 0 Å². The summed E-state index contributed by atoms with van der Waals surface area (Å²) in [5.74, 6) is 0. The van der Waals surface area contributed by atoms with E-state index in [1.54, 1.807) is 0 Å². The molecule has 4 rings (SSSR count). The summed E-state index contributed by atoms with van der Waals surface area (Å²) in [5, 5.41) is 0.548. The molecule has 1 N–H and O–H groups in total. The van der Waals surface area contributed by atoms with Gasteiger partial charge in [0, 0.05) is 16.3 Å². The molecule has 0 fully saturated rings. The fourth-order valence-corrected chi connectivity index (χ4v) is 2.74. The first-order chi connectivity index (χ1) is 11.1. The molecule has 24 heavy (non-hydrogen) atoms. The number of aromatic amines is 1. The normalized spacial score (nSPS) is 13.4. The molecule has 2 aromatic heterocycles. The van der Waals surface area contributed by atoms with Crippen molar-refractivity contribution in [1.29, 1.82) is 0 Å². The summed E-state index contributed by atoms with van der Waals surface area (Å²) in [5.41, 5.74) is -0.888. The van der Waals surface area contributed by atoms with Crippen molar-refractivity contribution in [3.05, 3.63) is 47.5 Å². The van der Waals surface area contributed by atoms with Crippen LogP contribution in [0.2, 0.25) is 0 Å². The molecule has 0 radical (unpaired) electrons. The Kier molecular flexibility index (Phi) is 2.77. The minimum Gasteiger partial charge on any atom is -0.454 e. The van der Waals surface area contributed by atoms with Crippen molar-refractivity contribution in [2.24, 2.45) is 0 Å². The zero-order chi connectivity index (χ0) is 17.3. The lowest BCUT2D eigenvalue weighted by Crippen LogP contribution is -2.04. The monoisotopic (exact) mass is 343 g/mol. The van der Waals surface area contributed by atoms with Crippen molar-refractivity contribution < 1.29 is 30.8 Å². The maximum absolute atomic E-state index is 12.8. The molecule has 2 heterocycles. The highest BCUT2D eigenvalue weighted by Crippen LogP contribution is 2.39. The third-order valence-corrected chi connectivity index (χ3v) is 3.87. The van der Waals surface area contributed by atoms with Gasteiger partial charge in [0.25, 0.3) is 0 Å². The number of H-pyrrole nitrogens is 1. The van der Waals surface area contributed by atoms with Gasteiger partial charge in [-0.1, -0.05) is 0 Å². The third-order valence-electron chi connectivity index (χ3n) is 3.87. The highest BCUT2D eigenvalue weighted by Gasteiger charge is 2.32. The van der Waals surface area contributed by atoms with Gasteiger partial charge in [0.1, 0.15) is 5.58 Å². The predicted molar refractivity (Wildman–Crippen MR) is 75.6 cm³/mol. The van der Waals surface area contributed by atoms with Crippen molar-refractivity contribution in [3.63, 3.8) is 0 Å². The zero-order valence-electron chi connectivity index (χ0n) is 11.6. The van der Waals surface area contributed by atoms with E-state index in [0.29, 0.717) is 16.4 Å². The van der Waals surface area contributed by atoms with E-state index in [1.807, 2.05) is 0 Å². The molecule has 2 aromatic carbocycles. The summed E-state index contributed by atoms with van der Waals surface area (Å²) in [6.07, 6.45) is -9.05. The van der Waals surface area contributed by atoms with Crippen LogP contribution in [0.3, 0.4) is 0 Å². The fraction of sp³-hybridized carbons (Fsp3) is 0.125. The van der Waals surface area contributed by atoms with Gasteiger partial charge in [-0.3, -0.25) is 0 Å². The summed E-state index contributed by atoms with van der Waals surface area (Å²) >= 11 is 0. The quantitative estimate of drug-likeness (QED) is 0.384. The Balaban J connectivity index is 2.02. The lowest BCUT2D eigenvalue weighted by molar-refractivity contribution is -0.138. The first-order valence-electron chi connectivity index (χ1n) is 6.77. The maximum Gasteiger partial charge on any atom is 0.416 e. The second-order valence-electron chi connectivity index (χ2n) is 5.40. The molecule has 0 unspecified atom stereocenters. The summed E-state index contributed by atoms with van der Waals surface area (Å²) in [4.78, 5) is 2.90. The molecule has 4 aromatic rings. The molecule has 0 atom stereocenters. The summed E-state index contributed by atoms with van der Waals surface area (Å²) in [6, 6.07) is 6.10. The zero-order valence-corrected chi connectivity index (χ0v) is 11.6. The molecule has 0 saturated carbocycles. The molecule has 2 nitrogen and oxygen atoms in total. The van der Waals surface area contributed by atoms with Gasteiger partial charge in [0.15, 0.2) is 5.58 Å². The van der Waals surface area contributed by atoms with E-state index in [9.17, 15) is 26.3 Å². The number of rotatable bonds is 0. The van der Waals surface area contributed by atoms with Crippen LogP contribution in [0.15, 0.2) is 40.8 Å². The van der Waals surface area contributed by atoms with E-state index in [1.165, 1.54) is 12.1 Å². The molecular weight excluding hydrogens is 336 g/mol. The number of aromatic nitrogens is 1. The molecule has 0 bridgehead atoms. The van der Waals surface area contributed by atoms with Crippen molar-refractivity contribution >= 4 is 33.0 Å². The predicted octanol–water partition coefficient (Wildman–Crippen LogP) is 6.10. The number of nitrogens with one attached hydrogen (secondary N) is 1. The largest absolute Gasteiger partial charge is 0.454 e.